The summed E-state index contributed by atoms with van der Waals surface area (Å²) in [5.74, 6) is 0.813. The fraction of sp³-hybridized carbons (Fsp3) is 0.417. The number of rotatable bonds is 9. The monoisotopic (exact) mass is 537 g/mol. The van der Waals surface area contributed by atoms with Crippen molar-refractivity contribution >= 4 is 41.5 Å². The van der Waals surface area contributed by atoms with Gasteiger partial charge in [-0.05, 0) is 49.6 Å². The predicted octanol–water partition coefficient (Wildman–Crippen LogP) is 3.55. The maximum absolute atomic E-state index is 12.1. The van der Waals surface area contributed by atoms with Crippen LogP contribution in [0.4, 0.5) is 5.69 Å². The van der Waals surface area contributed by atoms with Crippen molar-refractivity contribution in [2.24, 2.45) is 4.99 Å². The molecular formula is C24H36IN5O. The van der Waals surface area contributed by atoms with Crippen LogP contribution in [0.2, 0.25) is 0 Å². The van der Waals surface area contributed by atoms with Crippen molar-refractivity contribution in [1.29, 1.82) is 0 Å². The van der Waals surface area contributed by atoms with Crippen LogP contribution in [0.3, 0.4) is 0 Å². The summed E-state index contributed by atoms with van der Waals surface area (Å²) in [5, 5.41) is 6.75. The van der Waals surface area contributed by atoms with Gasteiger partial charge in [0.15, 0.2) is 5.96 Å². The van der Waals surface area contributed by atoms with E-state index >= 15 is 0 Å². The smallest absolute Gasteiger partial charge is 0.253 e. The first-order valence-corrected chi connectivity index (χ1v) is 10.5. The standard InChI is InChI=1S/C24H35N5O.HI/c1-6-29(22-13-8-7-10-19(22)2)17-16-27-24(25-3)26-15-14-20-11-9-12-21(18-20)23(30)28(4)5;/h7-13,18H,6,14-17H2,1-5H3,(H2,25,26,27);1H. The second kappa shape index (κ2) is 13.9. The number of anilines is 1. The Labute approximate surface area is 204 Å². The molecule has 0 saturated heterocycles. The molecule has 0 radical (unpaired) electrons. The van der Waals surface area contributed by atoms with E-state index in [0.29, 0.717) is 0 Å². The van der Waals surface area contributed by atoms with Crippen LogP contribution < -0.4 is 15.5 Å². The van der Waals surface area contributed by atoms with E-state index in [-0.39, 0.29) is 29.9 Å². The van der Waals surface area contributed by atoms with Gasteiger partial charge in [-0.2, -0.15) is 0 Å². The fourth-order valence-electron chi connectivity index (χ4n) is 3.34. The molecule has 2 aromatic rings. The molecule has 2 aromatic carbocycles. The number of halogens is 1. The number of hydrogen-bond donors (Lipinski definition) is 2. The van der Waals surface area contributed by atoms with Gasteiger partial charge in [0, 0.05) is 58.6 Å². The van der Waals surface area contributed by atoms with Crippen molar-refractivity contribution in [3.63, 3.8) is 0 Å². The number of benzene rings is 2. The summed E-state index contributed by atoms with van der Waals surface area (Å²) in [5.41, 5.74) is 4.41. The van der Waals surface area contributed by atoms with Crippen LogP contribution in [0.15, 0.2) is 53.5 Å². The highest BCUT2D eigenvalue weighted by atomic mass is 127. The summed E-state index contributed by atoms with van der Waals surface area (Å²) in [6.45, 7) is 7.72. The molecule has 0 aliphatic rings. The number of likely N-dealkylation sites (N-methyl/N-ethyl adjacent to an activating group) is 1. The van der Waals surface area contributed by atoms with Crippen molar-refractivity contribution < 1.29 is 4.79 Å². The molecule has 0 aliphatic heterocycles. The first kappa shape index (κ1) is 26.7. The minimum atomic E-state index is 0. The number of carbonyl (C=O) groups excluding carboxylic acids is 1. The average molecular weight is 537 g/mol. The van der Waals surface area contributed by atoms with Crippen LogP contribution in [0, 0.1) is 6.92 Å². The lowest BCUT2D eigenvalue weighted by Gasteiger charge is -2.25. The van der Waals surface area contributed by atoms with Crippen LogP contribution >= 0.6 is 24.0 Å². The molecule has 1 amide bonds. The van der Waals surface area contributed by atoms with E-state index in [1.165, 1.54) is 11.3 Å². The van der Waals surface area contributed by atoms with Gasteiger partial charge in [0.05, 0.1) is 0 Å². The number of nitrogens with zero attached hydrogens (tertiary/aromatic N) is 3. The van der Waals surface area contributed by atoms with E-state index in [0.717, 1.165) is 49.7 Å². The zero-order valence-corrected chi connectivity index (χ0v) is 21.6. The molecule has 0 atom stereocenters. The highest BCUT2D eigenvalue weighted by Gasteiger charge is 2.09. The zero-order valence-electron chi connectivity index (χ0n) is 19.3. The summed E-state index contributed by atoms with van der Waals surface area (Å²) in [4.78, 5) is 20.4. The van der Waals surface area contributed by atoms with E-state index < -0.39 is 0 Å². The van der Waals surface area contributed by atoms with Gasteiger partial charge in [0.2, 0.25) is 0 Å². The zero-order chi connectivity index (χ0) is 21.9. The third-order valence-electron chi connectivity index (χ3n) is 5.02. The van der Waals surface area contributed by atoms with Crippen molar-refractivity contribution in [1.82, 2.24) is 15.5 Å². The number of aryl methyl sites for hydroxylation is 1. The number of carbonyl (C=O) groups is 1. The second-order valence-corrected chi connectivity index (χ2v) is 7.44. The van der Waals surface area contributed by atoms with Gasteiger partial charge in [0.25, 0.3) is 5.91 Å². The molecule has 7 heteroatoms. The van der Waals surface area contributed by atoms with Gasteiger partial charge >= 0.3 is 0 Å². The largest absolute Gasteiger partial charge is 0.370 e. The lowest BCUT2D eigenvalue weighted by atomic mass is 10.1. The summed E-state index contributed by atoms with van der Waals surface area (Å²) in [6, 6.07) is 16.3. The fourth-order valence-corrected chi connectivity index (χ4v) is 3.34. The average Bonchev–Trinajstić information content (AvgIpc) is 2.75. The van der Waals surface area contributed by atoms with Gasteiger partial charge in [-0.3, -0.25) is 9.79 Å². The SMILES string of the molecule is CCN(CCNC(=NC)NCCc1cccc(C(=O)N(C)C)c1)c1ccccc1C.I. The van der Waals surface area contributed by atoms with Crippen LogP contribution in [0.5, 0.6) is 0 Å². The van der Waals surface area contributed by atoms with E-state index in [9.17, 15) is 4.79 Å². The third-order valence-corrected chi connectivity index (χ3v) is 5.02. The van der Waals surface area contributed by atoms with E-state index in [1.54, 1.807) is 26.0 Å². The maximum Gasteiger partial charge on any atom is 0.253 e. The Bertz CT molecular complexity index is 853. The predicted molar refractivity (Wildman–Crippen MR) is 142 cm³/mol. The number of amides is 1. The first-order chi connectivity index (χ1) is 14.5. The molecule has 0 heterocycles. The first-order valence-electron chi connectivity index (χ1n) is 10.5. The Hall–Kier alpha value is -2.29. The molecule has 31 heavy (non-hydrogen) atoms. The minimum Gasteiger partial charge on any atom is -0.370 e. The second-order valence-electron chi connectivity index (χ2n) is 7.44. The van der Waals surface area contributed by atoms with E-state index in [2.05, 4.69) is 58.6 Å². The summed E-state index contributed by atoms with van der Waals surface area (Å²) in [7, 11) is 5.32. The van der Waals surface area contributed by atoms with Crippen LogP contribution in [-0.2, 0) is 6.42 Å². The highest BCUT2D eigenvalue weighted by molar-refractivity contribution is 14.0. The van der Waals surface area contributed by atoms with Gasteiger partial charge in [-0.1, -0.05) is 30.3 Å². The van der Waals surface area contributed by atoms with E-state index in [4.69, 9.17) is 0 Å². The molecule has 0 unspecified atom stereocenters. The van der Waals surface area contributed by atoms with Crippen LogP contribution in [-0.4, -0.2) is 64.1 Å². The number of nitrogens with one attached hydrogen (secondary N) is 2. The van der Waals surface area contributed by atoms with Crippen molar-refractivity contribution in [3.8, 4) is 0 Å². The minimum absolute atomic E-state index is 0. The molecule has 0 aliphatic carbocycles. The summed E-state index contributed by atoms with van der Waals surface area (Å²) in [6.07, 6.45) is 0.819. The number of guanidine groups is 1. The Morgan fingerprint density at radius 3 is 2.39 bits per heavy atom. The number of para-hydroxylation sites is 1. The molecule has 0 spiro atoms. The molecule has 0 bridgehead atoms. The van der Waals surface area contributed by atoms with Crippen molar-refractivity contribution in [2.45, 2.75) is 20.3 Å². The van der Waals surface area contributed by atoms with Crippen LogP contribution in [0.1, 0.15) is 28.4 Å². The van der Waals surface area contributed by atoms with E-state index in [1.807, 2.05) is 24.3 Å². The maximum atomic E-state index is 12.1. The Kier molecular flexibility index (Phi) is 12.0. The van der Waals surface area contributed by atoms with Gasteiger partial charge in [-0.15, -0.1) is 24.0 Å². The summed E-state index contributed by atoms with van der Waals surface area (Å²) < 4.78 is 0. The quantitative estimate of drug-likeness (QED) is 0.292. The number of aliphatic imine (C=N–C) groups is 1. The third kappa shape index (κ3) is 8.40. The highest BCUT2D eigenvalue weighted by Crippen LogP contribution is 2.18. The number of hydrogen-bond acceptors (Lipinski definition) is 3. The molecule has 170 valence electrons. The molecule has 0 saturated carbocycles. The summed E-state index contributed by atoms with van der Waals surface area (Å²) >= 11 is 0. The van der Waals surface area contributed by atoms with Gasteiger partial charge in [0.1, 0.15) is 0 Å². The molecule has 0 fully saturated rings. The lowest BCUT2D eigenvalue weighted by Crippen LogP contribution is -2.42. The lowest BCUT2D eigenvalue weighted by molar-refractivity contribution is 0.0827. The normalized spacial score (nSPS) is 10.8. The van der Waals surface area contributed by atoms with Crippen molar-refractivity contribution in [3.05, 3.63) is 65.2 Å². The Morgan fingerprint density at radius 1 is 1.03 bits per heavy atom. The van der Waals surface area contributed by atoms with Crippen LogP contribution in [0.25, 0.3) is 0 Å². The Balaban J connectivity index is 0.00000480. The molecule has 2 rings (SSSR count). The molecular weight excluding hydrogens is 501 g/mol. The Morgan fingerprint density at radius 2 is 1.74 bits per heavy atom. The van der Waals surface area contributed by atoms with Gasteiger partial charge in [-0.25, -0.2) is 0 Å². The molecule has 0 aromatic heterocycles. The van der Waals surface area contributed by atoms with Crippen molar-refractivity contribution in [2.75, 3.05) is 52.2 Å². The molecule has 6 nitrogen and oxygen atoms in total. The van der Waals surface area contributed by atoms with Gasteiger partial charge < -0.3 is 20.4 Å². The topological polar surface area (TPSA) is 60.0 Å². The molecule has 2 N–H and O–H groups in total.